The van der Waals surface area contributed by atoms with Gasteiger partial charge < -0.3 is 0 Å². The van der Waals surface area contributed by atoms with Gasteiger partial charge in [-0.15, -0.1) is 6.58 Å². The van der Waals surface area contributed by atoms with Crippen LogP contribution >= 0.6 is 0 Å². The Morgan fingerprint density at radius 2 is 1.29 bits per heavy atom. The van der Waals surface area contributed by atoms with Crippen LogP contribution in [0.3, 0.4) is 0 Å². The zero-order valence-corrected chi connectivity index (χ0v) is 9.51. The molecule has 0 amide bonds. The maximum atomic E-state index is 3.84. The van der Waals surface area contributed by atoms with Crippen molar-refractivity contribution in [2.45, 2.75) is 57.8 Å². The van der Waals surface area contributed by atoms with Crippen molar-refractivity contribution in [1.29, 1.82) is 0 Å². The largest absolute Gasteiger partial charge is 0.103 e. The van der Waals surface area contributed by atoms with Gasteiger partial charge in [0.2, 0.25) is 0 Å². The standard InChI is InChI=1S/C14H25/c1-3-5-7-9-11-13-14-12-10-8-6-4-2/h3,13-14H,1-2,4-12H2. The van der Waals surface area contributed by atoms with Crippen LogP contribution in [0.4, 0.5) is 0 Å². The van der Waals surface area contributed by atoms with Crippen molar-refractivity contribution in [2.75, 3.05) is 0 Å². The fourth-order valence-corrected chi connectivity index (χ4v) is 1.40. The monoisotopic (exact) mass is 193 g/mol. The Morgan fingerprint density at radius 3 is 1.86 bits per heavy atom. The lowest BCUT2D eigenvalue weighted by molar-refractivity contribution is 0.692. The zero-order chi connectivity index (χ0) is 10.5. The molecule has 0 saturated heterocycles. The molecule has 0 nitrogen and oxygen atoms in total. The van der Waals surface area contributed by atoms with Gasteiger partial charge >= 0.3 is 0 Å². The maximum Gasteiger partial charge on any atom is -0.0351 e. The average Bonchev–Trinajstić information content (AvgIpc) is 2.21. The lowest BCUT2D eigenvalue weighted by atomic mass is 10.1. The second-order valence-electron chi connectivity index (χ2n) is 3.75. The van der Waals surface area contributed by atoms with E-state index < -0.39 is 0 Å². The molecule has 81 valence electrons. The van der Waals surface area contributed by atoms with Gasteiger partial charge in [0, 0.05) is 0 Å². The van der Waals surface area contributed by atoms with Gasteiger partial charge in [-0.25, -0.2) is 0 Å². The van der Waals surface area contributed by atoms with Crippen LogP contribution in [0.2, 0.25) is 0 Å². The molecule has 0 aliphatic rings. The summed E-state index contributed by atoms with van der Waals surface area (Å²) in [7, 11) is 0. The Labute approximate surface area is 90.1 Å². The lowest BCUT2D eigenvalue weighted by Crippen LogP contribution is -1.75. The quantitative estimate of drug-likeness (QED) is 0.335. The summed E-state index contributed by atoms with van der Waals surface area (Å²) in [5.41, 5.74) is 0. The Balaban J connectivity index is 2.99. The summed E-state index contributed by atoms with van der Waals surface area (Å²) in [6.07, 6.45) is 18.0. The van der Waals surface area contributed by atoms with Gasteiger partial charge in [0.1, 0.15) is 0 Å². The van der Waals surface area contributed by atoms with E-state index in [0.29, 0.717) is 0 Å². The fourth-order valence-electron chi connectivity index (χ4n) is 1.40. The van der Waals surface area contributed by atoms with E-state index >= 15 is 0 Å². The Morgan fingerprint density at radius 1 is 0.714 bits per heavy atom. The summed E-state index contributed by atoms with van der Waals surface area (Å²) < 4.78 is 0. The predicted molar refractivity (Wildman–Crippen MR) is 66.2 cm³/mol. The molecular weight excluding hydrogens is 168 g/mol. The van der Waals surface area contributed by atoms with Crippen molar-refractivity contribution in [1.82, 2.24) is 0 Å². The van der Waals surface area contributed by atoms with Gasteiger partial charge in [-0.05, 0) is 38.5 Å². The summed E-state index contributed by atoms with van der Waals surface area (Å²) >= 11 is 0. The van der Waals surface area contributed by atoms with Crippen LogP contribution in [0.1, 0.15) is 57.8 Å². The van der Waals surface area contributed by atoms with Gasteiger partial charge in [0.05, 0.1) is 0 Å². The van der Waals surface area contributed by atoms with Crippen LogP contribution < -0.4 is 0 Å². The SMILES string of the molecule is [CH2]CCCCCC=CCCCCC=C. The van der Waals surface area contributed by atoms with Gasteiger partial charge in [0.25, 0.3) is 0 Å². The van der Waals surface area contributed by atoms with E-state index in [4.69, 9.17) is 0 Å². The summed E-state index contributed by atoms with van der Waals surface area (Å²) in [4.78, 5) is 0. The van der Waals surface area contributed by atoms with E-state index in [1.54, 1.807) is 0 Å². The Kier molecular flexibility index (Phi) is 12.0. The topological polar surface area (TPSA) is 0 Å². The first-order valence-corrected chi connectivity index (χ1v) is 5.97. The number of allylic oxidation sites excluding steroid dienone is 3. The van der Waals surface area contributed by atoms with Crippen LogP contribution in [0, 0.1) is 6.92 Å². The maximum absolute atomic E-state index is 3.84. The highest BCUT2D eigenvalue weighted by Crippen LogP contribution is 2.05. The molecule has 0 spiro atoms. The van der Waals surface area contributed by atoms with E-state index in [1.807, 2.05) is 6.08 Å². The summed E-state index contributed by atoms with van der Waals surface area (Å²) in [6, 6.07) is 0. The second kappa shape index (κ2) is 12.5. The first kappa shape index (κ1) is 13.5. The molecule has 0 heterocycles. The van der Waals surface area contributed by atoms with E-state index in [0.717, 1.165) is 12.8 Å². The van der Waals surface area contributed by atoms with E-state index in [-0.39, 0.29) is 0 Å². The molecule has 0 atom stereocenters. The molecule has 0 rings (SSSR count). The third kappa shape index (κ3) is 11.5. The van der Waals surface area contributed by atoms with Crippen molar-refractivity contribution in [3.8, 4) is 0 Å². The van der Waals surface area contributed by atoms with Crippen molar-refractivity contribution < 1.29 is 0 Å². The Hall–Kier alpha value is -0.520. The molecule has 0 bridgehead atoms. The smallest absolute Gasteiger partial charge is 0.0351 e. The number of hydrogen-bond donors (Lipinski definition) is 0. The van der Waals surface area contributed by atoms with E-state index in [2.05, 4.69) is 25.7 Å². The first-order chi connectivity index (χ1) is 6.91. The summed E-state index contributed by atoms with van der Waals surface area (Å²) in [5.74, 6) is 0. The Bertz CT molecular complexity index is 133. The molecule has 0 unspecified atom stereocenters. The second-order valence-corrected chi connectivity index (χ2v) is 3.75. The molecule has 0 aromatic carbocycles. The molecule has 1 radical (unpaired) electrons. The molecule has 0 aromatic heterocycles. The zero-order valence-electron chi connectivity index (χ0n) is 9.51. The first-order valence-electron chi connectivity index (χ1n) is 5.97. The minimum Gasteiger partial charge on any atom is -0.103 e. The third-order valence-corrected chi connectivity index (χ3v) is 2.32. The molecule has 0 aromatic rings. The molecule has 0 aliphatic heterocycles. The average molecular weight is 193 g/mol. The molecule has 0 fully saturated rings. The van der Waals surface area contributed by atoms with Gasteiger partial charge in [-0.1, -0.05) is 44.4 Å². The van der Waals surface area contributed by atoms with E-state index in [9.17, 15) is 0 Å². The molecule has 0 aliphatic carbocycles. The normalized spacial score (nSPS) is 10.9. The van der Waals surface area contributed by atoms with Crippen molar-refractivity contribution in [3.63, 3.8) is 0 Å². The van der Waals surface area contributed by atoms with Crippen molar-refractivity contribution >= 4 is 0 Å². The highest BCUT2D eigenvalue weighted by atomic mass is 13.9. The molecular formula is C14H25. The highest BCUT2D eigenvalue weighted by Gasteiger charge is 1.85. The van der Waals surface area contributed by atoms with E-state index in [1.165, 1.54) is 44.9 Å². The number of rotatable bonds is 10. The van der Waals surface area contributed by atoms with Crippen LogP contribution in [-0.2, 0) is 0 Å². The number of unbranched alkanes of at least 4 members (excludes halogenated alkanes) is 7. The lowest BCUT2D eigenvalue weighted by Gasteiger charge is -1.95. The van der Waals surface area contributed by atoms with Crippen LogP contribution in [0.15, 0.2) is 24.8 Å². The minimum atomic E-state index is 1.09. The number of hydrogen-bond acceptors (Lipinski definition) is 0. The summed E-state index contributed by atoms with van der Waals surface area (Å²) in [5, 5.41) is 0. The van der Waals surface area contributed by atoms with Crippen LogP contribution in [0.25, 0.3) is 0 Å². The molecule has 0 N–H and O–H groups in total. The van der Waals surface area contributed by atoms with Crippen molar-refractivity contribution in [2.24, 2.45) is 0 Å². The predicted octanol–water partition coefficient (Wildman–Crippen LogP) is 5.07. The van der Waals surface area contributed by atoms with Crippen molar-refractivity contribution in [3.05, 3.63) is 31.7 Å². The third-order valence-electron chi connectivity index (χ3n) is 2.32. The minimum absolute atomic E-state index is 1.09. The molecule has 14 heavy (non-hydrogen) atoms. The highest BCUT2D eigenvalue weighted by molar-refractivity contribution is 4.81. The van der Waals surface area contributed by atoms with Gasteiger partial charge in [0.15, 0.2) is 0 Å². The molecule has 0 saturated carbocycles. The molecule has 0 heteroatoms. The fraction of sp³-hybridized carbons (Fsp3) is 0.643. The van der Waals surface area contributed by atoms with Crippen LogP contribution in [-0.4, -0.2) is 0 Å². The van der Waals surface area contributed by atoms with Gasteiger partial charge in [-0.3, -0.25) is 0 Å². The summed E-state index contributed by atoms with van der Waals surface area (Å²) in [6.45, 7) is 7.55. The van der Waals surface area contributed by atoms with Crippen LogP contribution in [0.5, 0.6) is 0 Å². The van der Waals surface area contributed by atoms with Gasteiger partial charge in [-0.2, -0.15) is 0 Å².